The summed E-state index contributed by atoms with van der Waals surface area (Å²) in [7, 11) is 0. The van der Waals surface area contributed by atoms with E-state index in [0.29, 0.717) is 17.7 Å². The molecule has 1 heterocycles. The van der Waals surface area contributed by atoms with Crippen molar-refractivity contribution in [3.05, 3.63) is 108 Å². The summed E-state index contributed by atoms with van der Waals surface area (Å²) in [6, 6.07) is 30.8. The zero-order valence-electron chi connectivity index (χ0n) is 17.1. The standard InChI is InChI=1S/C27H21NO3/c1-2-30-22-17-13-20(14-18-22)27(29)19-11-15-21(16-12-19)28-23-7-3-5-9-25(23)31-26-10-6-4-8-24(26)28/h3-18H,2H2,1H3. The Morgan fingerprint density at radius 1 is 0.742 bits per heavy atom. The maximum Gasteiger partial charge on any atom is 0.193 e. The zero-order chi connectivity index (χ0) is 21.2. The molecular weight excluding hydrogens is 386 g/mol. The van der Waals surface area contributed by atoms with Crippen LogP contribution in [0, 0.1) is 0 Å². The summed E-state index contributed by atoms with van der Waals surface area (Å²) in [5, 5.41) is 0. The van der Waals surface area contributed by atoms with Gasteiger partial charge in [-0.15, -0.1) is 0 Å². The van der Waals surface area contributed by atoms with Crippen LogP contribution in [0.2, 0.25) is 0 Å². The van der Waals surface area contributed by atoms with Crippen molar-refractivity contribution >= 4 is 22.8 Å². The highest BCUT2D eigenvalue weighted by Crippen LogP contribution is 2.49. The van der Waals surface area contributed by atoms with E-state index < -0.39 is 0 Å². The summed E-state index contributed by atoms with van der Waals surface area (Å²) >= 11 is 0. The van der Waals surface area contributed by atoms with E-state index in [1.54, 1.807) is 12.1 Å². The molecule has 0 bridgehead atoms. The number of nitrogens with zero attached hydrogens (tertiary/aromatic N) is 1. The topological polar surface area (TPSA) is 38.8 Å². The van der Waals surface area contributed by atoms with Gasteiger partial charge < -0.3 is 14.4 Å². The van der Waals surface area contributed by atoms with Crippen molar-refractivity contribution in [1.29, 1.82) is 0 Å². The van der Waals surface area contributed by atoms with Gasteiger partial charge in [-0.3, -0.25) is 4.79 Å². The first kappa shape index (κ1) is 18.9. The van der Waals surface area contributed by atoms with Gasteiger partial charge in [-0.05, 0) is 79.7 Å². The Hall–Kier alpha value is -4.05. The minimum atomic E-state index is -0.0163. The molecule has 1 aliphatic heterocycles. The second-order valence-electron chi connectivity index (χ2n) is 7.21. The average Bonchev–Trinajstić information content (AvgIpc) is 2.83. The van der Waals surface area contributed by atoms with Crippen LogP contribution in [0.25, 0.3) is 0 Å². The number of benzene rings is 4. The zero-order valence-corrected chi connectivity index (χ0v) is 17.1. The van der Waals surface area contributed by atoms with E-state index in [0.717, 1.165) is 34.3 Å². The molecule has 0 aliphatic carbocycles. The molecule has 1 aliphatic rings. The number of anilines is 3. The fourth-order valence-corrected chi connectivity index (χ4v) is 3.78. The van der Waals surface area contributed by atoms with Crippen molar-refractivity contribution in [2.75, 3.05) is 11.5 Å². The van der Waals surface area contributed by atoms with Gasteiger partial charge in [-0.1, -0.05) is 24.3 Å². The number of carbonyl (C=O) groups is 1. The Labute approximate surface area is 181 Å². The van der Waals surface area contributed by atoms with E-state index in [4.69, 9.17) is 9.47 Å². The van der Waals surface area contributed by atoms with E-state index in [2.05, 4.69) is 4.90 Å². The molecule has 0 saturated carbocycles. The molecular formula is C27H21NO3. The van der Waals surface area contributed by atoms with Gasteiger partial charge in [0.15, 0.2) is 17.3 Å². The number of ether oxygens (including phenoxy) is 2. The molecule has 4 aromatic rings. The molecule has 0 spiro atoms. The Kier molecular flexibility index (Phi) is 4.89. The Morgan fingerprint density at radius 3 is 1.81 bits per heavy atom. The number of rotatable bonds is 5. The second-order valence-corrected chi connectivity index (χ2v) is 7.21. The van der Waals surface area contributed by atoms with Crippen LogP contribution in [0.15, 0.2) is 97.1 Å². The van der Waals surface area contributed by atoms with Gasteiger partial charge in [-0.25, -0.2) is 0 Å². The van der Waals surface area contributed by atoms with Crippen molar-refractivity contribution in [1.82, 2.24) is 0 Å². The quantitative estimate of drug-likeness (QED) is 0.297. The predicted molar refractivity (Wildman–Crippen MR) is 122 cm³/mol. The highest BCUT2D eigenvalue weighted by molar-refractivity contribution is 6.09. The molecule has 4 aromatic carbocycles. The van der Waals surface area contributed by atoms with Gasteiger partial charge in [0.05, 0.1) is 18.0 Å². The van der Waals surface area contributed by atoms with Crippen molar-refractivity contribution in [3.8, 4) is 17.2 Å². The molecule has 4 nitrogen and oxygen atoms in total. The minimum absolute atomic E-state index is 0.0163. The minimum Gasteiger partial charge on any atom is -0.494 e. The van der Waals surface area contributed by atoms with Crippen LogP contribution in [0.3, 0.4) is 0 Å². The summed E-state index contributed by atoms with van der Waals surface area (Å²) in [4.78, 5) is 15.1. The number of hydrogen-bond acceptors (Lipinski definition) is 4. The molecule has 0 unspecified atom stereocenters. The lowest BCUT2D eigenvalue weighted by Gasteiger charge is -2.32. The van der Waals surface area contributed by atoms with Gasteiger partial charge in [0, 0.05) is 16.8 Å². The number of hydrogen-bond donors (Lipinski definition) is 0. The molecule has 0 atom stereocenters. The van der Waals surface area contributed by atoms with Gasteiger partial charge in [0.25, 0.3) is 0 Å². The summed E-state index contributed by atoms with van der Waals surface area (Å²) in [5.41, 5.74) is 4.17. The molecule has 5 rings (SSSR count). The van der Waals surface area contributed by atoms with Crippen molar-refractivity contribution in [2.45, 2.75) is 6.92 Å². The summed E-state index contributed by atoms with van der Waals surface area (Å²) in [6.07, 6.45) is 0. The predicted octanol–water partition coefficient (Wildman–Crippen LogP) is 6.89. The van der Waals surface area contributed by atoms with E-state index in [1.807, 2.05) is 91.9 Å². The normalized spacial score (nSPS) is 11.8. The molecule has 0 radical (unpaired) electrons. The lowest BCUT2D eigenvalue weighted by molar-refractivity contribution is 0.103. The number of fused-ring (bicyclic) bond motifs is 2. The molecule has 0 saturated heterocycles. The van der Waals surface area contributed by atoms with Crippen molar-refractivity contribution < 1.29 is 14.3 Å². The van der Waals surface area contributed by atoms with Gasteiger partial charge in [0.1, 0.15) is 5.75 Å². The first-order valence-electron chi connectivity index (χ1n) is 10.3. The Bertz CT molecular complexity index is 1180. The Balaban J connectivity index is 1.47. The largest absolute Gasteiger partial charge is 0.494 e. The first-order chi connectivity index (χ1) is 15.2. The third-order valence-electron chi connectivity index (χ3n) is 5.25. The van der Waals surface area contributed by atoms with E-state index in [1.165, 1.54) is 0 Å². The number of para-hydroxylation sites is 4. The van der Waals surface area contributed by atoms with Crippen LogP contribution in [-0.4, -0.2) is 12.4 Å². The fraction of sp³-hybridized carbons (Fsp3) is 0.0741. The maximum absolute atomic E-state index is 12.9. The first-order valence-corrected chi connectivity index (χ1v) is 10.3. The smallest absolute Gasteiger partial charge is 0.193 e. The Morgan fingerprint density at radius 2 is 1.26 bits per heavy atom. The van der Waals surface area contributed by atoms with Crippen LogP contribution < -0.4 is 14.4 Å². The molecule has 0 N–H and O–H groups in total. The highest BCUT2D eigenvalue weighted by Gasteiger charge is 2.25. The summed E-state index contributed by atoms with van der Waals surface area (Å²) in [6.45, 7) is 2.54. The SMILES string of the molecule is CCOc1ccc(C(=O)c2ccc(N3c4ccccc4Oc4ccccc43)cc2)cc1. The van der Waals surface area contributed by atoms with Crippen LogP contribution in [0.5, 0.6) is 17.2 Å². The molecule has 31 heavy (non-hydrogen) atoms. The molecule has 0 amide bonds. The second kappa shape index (κ2) is 8.00. The van der Waals surface area contributed by atoms with Crippen LogP contribution in [0.4, 0.5) is 17.1 Å². The summed E-state index contributed by atoms with van der Waals surface area (Å²) < 4.78 is 11.5. The van der Waals surface area contributed by atoms with Crippen LogP contribution in [0.1, 0.15) is 22.8 Å². The molecule has 4 heteroatoms. The van der Waals surface area contributed by atoms with Gasteiger partial charge in [0.2, 0.25) is 0 Å². The third-order valence-corrected chi connectivity index (χ3v) is 5.25. The highest BCUT2D eigenvalue weighted by atomic mass is 16.5. The van der Waals surface area contributed by atoms with E-state index >= 15 is 0 Å². The van der Waals surface area contributed by atoms with Gasteiger partial charge in [-0.2, -0.15) is 0 Å². The third kappa shape index (κ3) is 3.53. The molecule has 0 aromatic heterocycles. The summed E-state index contributed by atoms with van der Waals surface area (Å²) in [5.74, 6) is 2.35. The molecule has 0 fully saturated rings. The fourth-order valence-electron chi connectivity index (χ4n) is 3.78. The lowest BCUT2D eigenvalue weighted by atomic mass is 10.0. The van der Waals surface area contributed by atoms with E-state index in [-0.39, 0.29) is 5.78 Å². The maximum atomic E-state index is 12.9. The average molecular weight is 407 g/mol. The van der Waals surface area contributed by atoms with Crippen molar-refractivity contribution in [3.63, 3.8) is 0 Å². The van der Waals surface area contributed by atoms with Gasteiger partial charge >= 0.3 is 0 Å². The number of carbonyl (C=O) groups excluding carboxylic acids is 1. The lowest BCUT2D eigenvalue weighted by Crippen LogP contribution is -2.15. The molecule has 152 valence electrons. The van der Waals surface area contributed by atoms with Crippen LogP contribution >= 0.6 is 0 Å². The number of ketones is 1. The van der Waals surface area contributed by atoms with Crippen molar-refractivity contribution in [2.24, 2.45) is 0 Å². The monoisotopic (exact) mass is 407 g/mol. The van der Waals surface area contributed by atoms with Crippen LogP contribution in [-0.2, 0) is 0 Å². The van der Waals surface area contributed by atoms with E-state index in [9.17, 15) is 4.79 Å².